The molecule has 1 fully saturated rings. The first kappa shape index (κ1) is 31.6. The molecule has 0 spiro atoms. The van der Waals surface area contributed by atoms with Crippen LogP contribution in [0.4, 0.5) is 10.3 Å². The Labute approximate surface area is 236 Å². The van der Waals surface area contributed by atoms with E-state index >= 15 is 0 Å². The predicted molar refractivity (Wildman–Crippen MR) is 153 cm³/mol. The van der Waals surface area contributed by atoms with Crippen LogP contribution in [0.1, 0.15) is 78.5 Å². The topological polar surface area (TPSA) is 108 Å². The number of carbonyl (C=O) groups excluding carboxylic acids is 1. The summed E-state index contributed by atoms with van der Waals surface area (Å²) in [5, 5.41) is 0. The van der Waals surface area contributed by atoms with Crippen LogP contribution in [0.25, 0.3) is 17.3 Å². The first-order chi connectivity index (χ1) is 18.3. The minimum absolute atomic E-state index is 0.0172. The molecule has 11 heteroatoms. The second-order valence-electron chi connectivity index (χ2n) is 11.7. The molecule has 1 aliphatic rings. The number of benzene rings is 1. The monoisotopic (exact) mass is 577 g/mol. The quantitative estimate of drug-likeness (QED) is 0.381. The fourth-order valence-corrected chi connectivity index (χ4v) is 4.74. The molecule has 2 heterocycles. The van der Waals surface area contributed by atoms with Crippen LogP contribution >= 0.6 is 0 Å². The van der Waals surface area contributed by atoms with Gasteiger partial charge in [0.15, 0.2) is 5.79 Å². The van der Waals surface area contributed by atoms with E-state index in [0.717, 1.165) is 10.6 Å². The molecule has 0 amide bonds. The molecule has 9 nitrogen and oxygen atoms in total. The van der Waals surface area contributed by atoms with Gasteiger partial charge in [-0.1, -0.05) is 26.0 Å². The van der Waals surface area contributed by atoms with Crippen molar-refractivity contribution in [3.63, 3.8) is 0 Å². The summed E-state index contributed by atoms with van der Waals surface area (Å²) in [7, 11) is -2.24. The lowest BCUT2D eigenvalue weighted by Crippen LogP contribution is -2.45. The van der Waals surface area contributed by atoms with Crippen LogP contribution < -0.4 is 4.31 Å². The smallest absolute Gasteiger partial charge is 0.308 e. The lowest BCUT2D eigenvalue weighted by Gasteiger charge is -2.39. The second kappa shape index (κ2) is 11.9. The third-order valence-electron chi connectivity index (χ3n) is 6.08. The number of halogens is 1. The number of carbonyl (C=O) groups is 1. The van der Waals surface area contributed by atoms with Crippen molar-refractivity contribution < 1.29 is 31.8 Å². The third kappa shape index (κ3) is 8.55. The van der Waals surface area contributed by atoms with E-state index in [1.165, 1.54) is 19.2 Å². The van der Waals surface area contributed by atoms with E-state index in [2.05, 4.69) is 9.97 Å². The van der Waals surface area contributed by atoms with E-state index in [1.807, 2.05) is 46.8 Å². The zero-order chi connectivity index (χ0) is 30.0. The summed E-state index contributed by atoms with van der Waals surface area (Å²) >= 11 is 0. The molecule has 0 saturated carbocycles. The summed E-state index contributed by atoms with van der Waals surface area (Å²) in [6, 6.07) is 5.83. The highest BCUT2D eigenvalue weighted by Crippen LogP contribution is 2.34. The highest BCUT2D eigenvalue weighted by atomic mass is 32.2. The fraction of sp³-hybridized carbons (Fsp3) is 0.552. The van der Waals surface area contributed by atoms with Gasteiger partial charge in [0.1, 0.15) is 11.4 Å². The van der Waals surface area contributed by atoms with Crippen molar-refractivity contribution in [3.8, 4) is 11.3 Å². The van der Waals surface area contributed by atoms with Crippen molar-refractivity contribution in [2.45, 2.75) is 90.8 Å². The van der Waals surface area contributed by atoms with E-state index in [0.29, 0.717) is 28.9 Å². The van der Waals surface area contributed by atoms with Gasteiger partial charge < -0.3 is 14.2 Å². The summed E-state index contributed by atoms with van der Waals surface area (Å²) in [5.41, 5.74) is 1.73. The van der Waals surface area contributed by atoms with Crippen LogP contribution in [-0.2, 0) is 29.0 Å². The minimum Gasteiger partial charge on any atom is -0.460 e. The van der Waals surface area contributed by atoms with Crippen LogP contribution in [0.3, 0.4) is 0 Å². The maximum absolute atomic E-state index is 13.8. The maximum Gasteiger partial charge on any atom is 0.308 e. The molecule has 40 heavy (non-hydrogen) atoms. The normalized spacial score (nSPS) is 19.7. The molecule has 0 unspecified atom stereocenters. The molecule has 0 aliphatic carbocycles. The Morgan fingerprint density at radius 2 is 1.82 bits per heavy atom. The van der Waals surface area contributed by atoms with Crippen molar-refractivity contribution in [2.75, 3.05) is 17.6 Å². The first-order valence-corrected chi connectivity index (χ1v) is 15.1. The van der Waals surface area contributed by atoms with E-state index in [-0.39, 0.29) is 24.3 Å². The van der Waals surface area contributed by atoms with E-state index in [4.69, 9.17) is 14.2 Å². The van der Waals surface area contributed by atoms with E-state index < -0.39 is 39.4 Å². The van der Waals surface area contributed by atoms with Crippen molar-refractivity contribution in [1.29, 1.82) is 0 Å². The second-order valence-corrected chi connectivity index (χ2v) is 13.8. The molecule has 3 rings (SSSR count). The number of aromatic nitrogens is 2. The van der Waals surface area contributed by atoms with Crippen molar-refractivity contribution in [2.24, 2.45) is 0 Å². The summed E-state index contributed by atoms with van der Waals surface area (Å²) < 4.78 is 57.0. The zero-order valence-corrected chi connectivity index (χ0v) is 25.5. The molecule has 220 valence electrons. The van der Waals surface area contributed by atoms with Crippen LogP contribution in [0, 0.1) is 5.82 Å². The van der Waals surface area contributed by atoms with Crippen molar-refractivity contribution in [3.05, 3.63) is 47.4 Å². The Balaban J connectivity index is 2.04. The number of hydrogen-bond acceptors (Lipinski definition) is 8. The van der Waals surface area contributed by atoms with Crippen LogP contribution in [0.2, 0.25) is 0 Å². The number of anilines is 1. The third-order valence-corrected chi connectivity index (χ3v) is 7.24. The Morgan fingerprint density at radius 3 is 2.38 bits per heavy atom. The number of ether oxygens (including phenoxy) is 3. The molecular weight excluding hydrogens is 537 g/mol. The maximum atomic E-state index is 13.8. The molecule has 1 saturated heterocycles. The highest BCUT2D eigenvalue weighted by Gasteiger charge is 2.36. The average Bonchev–Trinajstić information content (AvgIpc) is 2.79. The first-order valence-electron chi connectivity index (χ1n) is 13.2. The van der Waals surface area contributed by atoms with E-state index in [1.54, 1.807) is 26.0 Å². The minimum atomic E-state index is -3.63. The molecular formula is C29H40FN3O6S. The fourth-order valence-electron chi connectivity index (χ4n) is 4.36. The van der Waals surface area contributed by atoms with Gasteiger partial charge in [-0.25, -0.2) is 27.1 Å². The lowest BCUT2D eigenvalue weighted by atomic mass is 9.97. The summed E-state index contributed by atoms with van der Waals surface area (Å²) in [5.74, 6) is -1.78. The largest absolute Gasteiger partial charge is 0.460 e. The van der Waals surface area contributed by atoms with Gasteiger partial charge in [-0.15, -0.1) is 0 Å². The molecule has 2 aromatic rings. The van der Waals surface area contributed by atoms with Crippen LogP contribution in [0.5, 0.6) is 0 Å². The Hall–Kier alpha value is -2.89. The molecule has 0 radical (unpaired) electrons. The van der Waals surface area contributed by atoms with Gasteiger partial charge in [0, 0.05) is 24.6 Å². The number of sulfonamides is 1. The van der Waals surface area contributed by atoms with Crippen molar-refractivity contribution >= 4 is 28.0 Å². The Kier molecular flexibility index (Phi) is 9.43. The molecule has 2 atom stereocenters. The van der Waals surface area contributed by atoms with Crippen LogP contribution in [-0.4, -0.2) is 61.3 Å². The number of rotatable bonds is 8. The van der Waals surface area contributed by atoms with Gasteiger partial charge >= 0.3 is 5.97 Å². The predicted octanol–water partition coefficient (Wildman–Crippen LogP) is 5.46. The SMILES string of the molecule is CC(C)c1nc(N(C)S(C)(=O)=O)nc(-c2ccc(F)cc2)c1C=C[C@@H]1C[C@H](CC(=O)OC(C)(C)C)OC(C)(C)O1. The van der Waals surface area contributed by atoms with Gasteiger partial charge in [-0.2, -0.15) is 0 Å². The van der Waals surface area contributed by atoms with E-state index in [9.17, 15) is 17.6 Å². The van der Waals surface area contributed by atoms with Gasteiger partial charge in [-0.3, -0.25) is 4.79 Å². The summed E-state index contributed by atoms with van der Waals surface area (Å²) in [4.78, 5) is 21.7. The molecule has 1 aromatic carbocycles. The summed E-state index contributed by atoms with van der Waals surface area (Å²) in [6.45, 7) is 12.9. The lowest BCUT2D eigenvalue weighted by molar-refractivity contribution is -0.290. The van der Waals surface area contributed by atoms with Gasteiger partial charge in [0.05, 0.1) is 36.3 Å². The molecule has 1 aromatic heterocycles. The van der Waals surface area contributed by atoms with Gasteiger partial charge in [0.25, 0.3) is 0 Å². The summed E-state index contributed by atoms with van der Waals surface area (Å²) in [6.07, 6.45) is 4.46. The standard InChI is InChI=1S/C29H40FN3O6S/c1-18(2)25-23(15-14-21-16-22(38-29(6,7)37-21)17-24(34)39-28(3,4)5)26(19-10-12-20(30)13-11-19)32-27(31-25)33(8)40(9,35)36/h10-15,18,21-22H,16-17H2,1-9H3/t21-,22-/m1/s1. The number of nitrogens with zero attached hydrogens (tertiary/aromatic N) is 3. The van der Waals surface area contributed by atoms with Crippen molar-refractivity contribution in [1.82, 2.24) is 9.97 Å². The molecule has 1 aliphatic heterocycles. The van der Waals surface area contributed by atoms with Gasteiger partial charge in [-0.05, 0) is 64.8 Å². The Morgan fingerprint density at radius 1 is 1.20 bits per heavy atom. The number of esters is 1. The average molecular weight is 578 g/mol. The Bertz CT molecular complexity index is 1350. The highest BCUT2D eigenvalue weighted by molar-refractivity contribution is 7.92. The van der Waals surface area contributed by atoms with Gasteiger partial charge in [0.2, 0.25) is 16.0 Å². The zero-order valence-electron chi connectivity index (χ0n) is 24.7. The molecule has 0 bridgehead atoms. The molecule has 0 N–H and O–H groups in total. The van der Waals surface area contributed by atoms with Crippen LogP contribution in [0.15, 0.2) is 30.3 Å². The number of hydrogen-bond donors (Lipinski definition) is 0.